The molecule has 0 aliphatic rings. The first-order valence-corrected chi connectivity index (χ1v) is 8.24. The van der Waals surface area contributed by atoms with Crippen LogP contribution in [0, 0.1) is 5.92 Å². The van der Waals surface area contributed by atoms with Crippen molar-refractivity contribution in [2.45, 2.75) is 19.9 Å². The van der Waals surface area contributed by atoms with Gasteiger partial charge in [-0.2, -0.15) is 0 Å². The number of aromatic nitrogens is 2. The van der Waals surface area contributed by atoms with Crippen molar-refractivity contribution in [3.05, 3.63) is 64.5 Å². The summed E-state index contributed by atoms with van der Waals surface area (Å²) in [4.78, 5) is 4.20. The van der Waals surface area contributed by atoms with E-state index in [4.69, 9.17) is 0 Å². The SMILES string of the molecule is C[C@H](CO)Cn1c(Cc2cccnc2)cc2ccc(Br)cc21. The Morgan fingerprint density at radius 3 is 2.86 bits per heavy atom. The molecule has 4 heteroatoms. The summed E-state index contributed by atoms with van der Waals surface area (Å²) in [6.45, 7) is 3.07. The van der Waals surface area contributed by atoms with E-state index in [1.165, 1.54) is 22.2 Å². The monoisotopic (exact) mass is 358 g/mol. The Hall–Kier alpha value is -1.65. The smallest absolute Gasteiger partial charge is 0.0494 e. The Morgan fingerprint density at radius 2 is 2.14 bits per heavy atom. The van der Waals surface area contributed by atoms with Crippen LogP contribution < -0.4 is 0 Å². The molecule has 0 saturated carbocycles. The van der Waals surface area contributed by atoms with Crippen molar-refractivity contribution < 1.29 is 5.11 Å². The second kappa shape index (κ2) is 6.63. The topological polar surface area (TPSA) is 38.0 Å². The lowest BCUT2D eigenvalue weighted by molar-refractivity contribution is 0.223. The van der Waals surface area contributed by atoms with Crippen LogP contribution in [0.3, 0.4) is 0 Å². The molecule has 22 heavy (non-hydrogen) atoms. The average Bonchev–Trinajstić information content (AvgIpc) is 2.85. The maximum absolute atomic E-state index is 9.41. The highest BCUT2D eigenvalue weighted by Gasteiger charge is 2.12. The summed E-state index contributed by atoms with van der Waals surface area (Å²) in [6.07, 6.45) is 4.55. The van der Waals surface area contributed by atoms with Crippen LogP contribution in [0.25, 0.3) is 10.9 Å². The molecule has 3 nitrogen and oxygen atoms in total. The van der Waals surface area contributed by atoms with Crippen LogP contribution in [0.1, 0.15) is 18.2 Å². The van der Waals surface area contributed by atoms with E-state index in [1.807, 2.05) is 12.3 Å². The van der Waals surface area contributed by atoms with E-state index in [2.05, 4.69) is 62.7 Å². The third-order valence-electron chi connectivity index (χ3n) is 3.87. The Labute approximate surface area is 138 Å². The van der Waals surface area contributed by atoms with Crippen molar-refractivity contribution in [2.24, 2.45) is 5.92 Å². The number of benzene rings is 1. The fourth-order valence-electron chi connectivity index (χ4n) is 2.73. The third kappa shape index (κ3) is 3.23. The van der Waals surface area contributed by atoms with Gasteiger partial charge in [0.25, 0.3) is 0 Å². The first-order chi connectivity index (χ1) is 10.7. The molecule has 1 atom stereocenters. The fourth-order valence-corrected chi connectivity index (χ4v) is 3.08. The van der Waals surface area contributed by atoms with Gasteiger partial charge in [0, 0.05) is 47.6 Å². The van der Waals surface area contributed by atoms with Gasteiger partial charge in [-0.15, -0.1) is 0 Å². The van der Waals surface area contributed by atoms with Crippen molar-refractivity contribution in [3.63, 3.8) is 0 Å². The van der Waals surface area contributed by atoms with Crippen LogP contribution in [0.5, 0.6) is 0 Å². The van der Waals surface area contributed by atoms with Gasteiger partial charge < -0.3 is 9.67 Å². The number of pyridine rings is 1. The van der Waals surface area contributed by atoms with Crippen LogP contribution in [0.15, 0.2) is 53.3 Å². The van der Waals surface area contributed by atoms with Crippen molar-refractivity contribution in [1.29, 1.82) is 0 Å². The molecule has 0 bridgehead atoms. The zero-order valence-corrected chi connectivity index (χ0v) is 14.1. The highest BCUT2D eigenvalue weighted by atomic mass is 79.9. The van der Waals surface area contributed by atoms with Gasteiger partial charge in [-0.3, -0.25) is 4.98 Å². The summed E-state index contributed by atoms with van der Waals surface area (Å²) in [7, 11) is 0. The van der Waals surface area contributed by atoms with E-state index in [1.54, 1.807) is 6.20 Å². The highest BCUT2D eigenvalue weighted by molar-refractivity contribution is 9.10. The quantitative estimate of drug-likeness (QED) is 0.747. The van der Waals surface area contributed by atoms with Gasteiger partial charge in [0.05, 0.1) is 0 Å². The minimum Gasteiger partial charge on any atom is -0.396 e. The van der Waals surface area contributed by atoms with E-state index in [9.17, 15) is 5.11 Å². The minimum absolute atomic E-state index is 0.194. The molecule has 3 aromatic rings. The number of aliphatic hydroxyl groups excluding tert-OH is 1. The summed E-state index contributed by atoms with van der Waals surface area (Å²) >= 11 is 3.55. The first kappa shape index (κ1) is 15.3. The summed E-state index contributed by atoms with van der Waals surface area (Å²) < 4.78 is 3.39. The van der Waals surface area contributed by atoms with Gasteiger partial charge in [0.15, 0.2) is 0 Å². The van der Waals surface area contributed by atoms with Gasteiger partial charge in [-0.05, 0) is 41.1 Å². The summed E-state index contributed by atoms with van der Waals surface area (Å²) in [5.41, 5.74) is 3.65. The van der Waals surface area contributed by atoms with Crippen molar-refractivity contribution >= 4 is 26.8 Å². The van der Waals surface area contributed by atoms with Gasteiger partial charge >= 0.3 is 0 Å². The fraction of sp³-hybridized carbons (Fsp3) is 0.278. The molecule has 0 spiro atoms. The summed E-state index contributed by atoms with van der Waals surface area (Å²) in [5.74, 6) is 0.224. The lowest BCUT2D eigenvalue weighted by atomic mass is 10.1. The maximum atomic E-state index is 9.41. The largest absolute Gasteiger partial charge is 0.396 e. The molecule has 0 saturated heterocycles. The second-order valence-electron chi connectivity index (χ2n) is 5.78. The molecule has 0 aliphatic carbocycles. The minimum atomic E-state index is 0.194. The summed E-state index contributed by atoms with van der Waals surface area (Å²) in [6, 6.07) is 12.6. The molecule has 0 radical (unpaired) electrons. The van der Waals surface area contributed by atoms with Gasteiger partial charge in [-0.25, -0.2) is 0 Å². The Kier molecular flexibility index (Phi) is 4.60. The molecule has 0 unspecified atom stereocenters. The van der Waals surface area contributed by atoms with Crippen LogP contribution in [-0.2, 0) is 13.0 Å². The van der Waals surface area contributed by atoms with Crippen LogP contribution in [0.4, 0.5) is 0 Å². The Balaban J connectivity index is 2.05. The van der Waals surface area contributed by atoms with Crippen molar-refractivity contribution in [2.75, 3.05) is 6.61 Å². The standard InChI is InChI=1S/C18H19BrN2O/c1-13(12-22)11-21-17(7-14-3-2-6-20-10-14)8-15-4-5-16(19)9-18(15)21/h2-6,8-10,13,22H,7,11-12H2,1H3/t13-/m0/s1. The Bertz CT molecular complexity index is 767. The van der Waals surface area contributed by atoms with Crippen LogP contribution >= 0.6 is 15.9 Å². The molecule has 1 aromatic carbocycles. The second-order valence-corrected chi connectivity index (χ2v) is 6.69. The highest BCUT2D eigenvalue weighted by Crippen LogP contribution is 2.26. The third-order valence-corrected chi connectivity index (χ3v) is 4.36. The zero-order valence-electron chi connectivity index (χ0n) is 12.5. The number of hydrogen-bond donors (Lipinski definition) is 1. The molecule has 2 heterocycles. The number of fused-ring (bicyclic) bond motifs is 1. The number of rotatable bonds is 5. The van der Waals surface area contributed by atoms with E-state index >= 15 is 0 Å². The molecule has 1 N–H and O–H groups in total. The number of nitrogens with zero attached hydrogens (tertiary/aromatic N) is 2. The normalized spacial score (nSPS) is 12.7. The molecule has 0 fully saturated rings. The molecule has 114 valence electrons. The molecule has 0 amide bonds. The molecular formula is C18H19BrN2O. The van der Waals surface area contributed by atoms with Gasteiger partial charge in [-0.1, -0.05) is 35.0 Å². The average molecular weight is 359 g/mol. The van der Waals surface area contributed by atoms with Crippen LogP contribution in [0.2, 0.25) is 0 Å². The molecule has 3 rings (SSSR count). The molecular weight excluding hydrogens is 340 g/mol. The molecule has 0 aliphatic heterocycles. The van der Waals surface area contributed by atoms with E-state index in [0.29, 0.717) is 0 Å². The van der Waals surface area contributed by atoms with Crippen molar-refractivity contribution in [3.8, 4) is 0 Å². The van der Waals surface area contributed by atoms with Crippen LogP contribution in [-0.4, -0.2) is 21.3 Å². The number of halogens is 1. The zero-order chi connectivity index (χ0) is 15.5. The first-order valence-electron chi connectivity index (χ1n) is 7.45. The Morgan fingerprint density at radius 1 is 1.27 bits per heavy atom. The van der Waals surface area contributed by atoms with E-state index in [-0.39, 0.29) is 12.5 Å². The molecule has 2 aromatic heterocycles. The van der Waals surface area contributed by atoms with E-state index in [0.717, 1.165) is 17.4 Å². The number of hydrogen-bond acceptors (Lipinski definition) is 2. The summed E-state index contributed by atoms with van der Waals surface area (Å²) in [5, 5.41) is 10.6. The lowest BCUT2D eigenvalue weighted by Gasteiger charge is -2.15. The van der Waals surface area contributed by atoms with Crippen molar-refractivity contribution in [1.82, 2.24) is 9.55 Å². The number of aliphatic hydroxyl groups is 1. The lowest BCUT2D eigenvalue weighted by Crippen LogP contribution is -2.13. The van der Waals surface area contributed by atoms with Gasteiger partial charge in [0.1, 0.15) is 0 Å². The van der Waals surface area contributed by atoms with E-state index < -0.39 is 0 Å². The predicted molar refractivity (Wildman–Crippen MR) is 92.9 cm³/mol. The van der Waals surface area contributed by atoms with Gasteiger partial charge in [0.2, 0.25) is 0 Å². The predicted octanol–water partition coefficient (Wildman–Crippen LogP) is 4.02. The maximum Gasteiger partial charge on any atom is 0.0494 e.